The van der Waals surface area contributed by atoms with Crippen LogP contribution < -0.4 is 0 Å². The van der Waals surface area contributed by atoms with Gasteiger partial charge in [0.1, 0.15) is 0 Å². The molecule has 0 bridgehead atoms. The molecular weight excluding hydrogens is 184 g/mol. The van der Waals surface area contributed by atoms with Gasteiger partial charge in [0.2, 0.25) is 0 Å². The summed E-state index contributed by atoms with van der Waals surface area (Å²) in [5, 5.41) is 10.2. The number of fused-ring (bicyclic) bond motifs is 1. The average Bonchev–Trinajstić information content (AvgIpc) is 2.07. The van der Waals surface area contributed by atoms with E-state index in [1.807, 2.05) is 6.92 Å². The van der Waals surface area contributed by atoms with Crippen molar-refractivity contribution < 1.29 is 5.11 Å². The van der Waals surface area contributed by atoms with Gasteiger partial charge < -0.3 is 5.11 Å². The highest BCUT2D eigenvalue weighted by Crippen LogP contribution is 2.56. The molecule has 0 aromatic rings. The summed E-state index contributed by atoms with van der Waals surface area (Å²) in [7, 11) is 0. The van der Waals surface area contributed by atoms with E-state index in [1.54, 1.807) is 0 Å². The van der Waals surface area contributed by atoms with E-state index in [0.717, 1.165) is 18.8 Å². The lowest BCUT2D eigenvalue weighted by Crippen LogP contribution is -2.47. The Kier molecular flexibility index (Phi) is 2.46. The predicted octanol–water partition coefficient (Wildman–Crippen LogP) is 3.75. The first-order valence-electron chi connectivity index (χ1n) is 6.45. The van der Waals surface area contributed by atoms with Crippen molar-refractivity contribution in [2.45, 2.75) is 71.8 Å². The Morgan fingerprint density at radius 1 is 0.867 bits per heavy atom. The van der Waals surface area contributed by atoms with Crippen LogP contribution in [0.5, 0.6) is 0 Å². The van der Waals surface area contributed by atoms with Crippen LogP contribution >= 0.6 is 0 Å². The summed E-state index contributed by atoms with van der Waals surface area (Å²) in [6.45, 7) is 9.24. The van der Waals surface area contributed by atoms with E-state index >= 15 is 0 Å². The highest BCUT2D eigenvalue weighted by molar-refractivity contribution is 4.99. The van der Waals surface area contributed by atoms with E-state index in [4.69, 9.17) is 0 Å². The minimum absolute atomic E-state index is 0.391. The van der Waals surface area contributed by atoms with Crippen LogP contribution in [0.25, 0.3) is 0 Å². The fraction of sp³-hybridized carbons (Fsp3) is 1.00. The van der Waals surface area contributed by atoms with E-state index < -0.39 is 5.60 Å². The molecular formula is C14H26O. The van der Waals surface area contributed by atoms with Crippen molar-refractivity contribution in [2.75, 3.05) is 0 Å². The third-order valence-electron chi connectivity index (χ3n) is 5.08. The summed E-state index contributed by atoms with van der Waals surface area (Å²) in [5.74, 6) is 0.741. The van der Waals surface area contributed by atoms with Gasteiger partial charge in [-0.3, -0.25) is 0 Å². The van der Waals surface area contributed by atoms with Crippen molar-refractivity contribution in [2.24, 2.45) is 16.7 Å². The highest BCUT2D eigenvalue weighted by Gasteiger charge is 2.48. The lowest BCUT2D eigenvalue weighted by atomic mass is 9.53. The van der Waals surface area contributed by atoms with Gasteiger partial charge in [-0.05, 0) is 62.2 Å². The molecule has 2 aliphatic rings. The first-order valence-corrected chi connectivity index (χ1v) is 6.45. The van der Waals surface area contributed by atoms with Crippen LogP contribution in [-0.4, -0.2) is 10.7 Å². The molecule has 1 nitrogen and oxygen atoms in total. The molecule has 2 fully saturated rings. The molecule has 88 valence electrons. The topological polar surface area (TPSA) is 20.2 Å². The molecule has 0 saturated heterocycles. The van der Waals surface area contributed by atoms with Gasteiger partial charge in [0.25, 0.3) is 0 Å². The second-order valence-electron chi connectivity index (χ2n) is 7.42. The Labute approximate surface area is 94.3 Å². The first kappa shape index (κ1) is 11.4. The molecule has 0 spiro atoms. The van der Waals surface area contributed by atoms with Gasteiger partial charge in [0, 0.05) is 0 Å². The van der Waals surface area contributed by atoms with Crippen LogP contribution in [0.1, 0.15) is 66.2 Å². The molecule has 0 aliphatic heterocycles. The van der Waals surface area contributed by atoms with Crippen molar-refractivity contribution in [1.82, 2.24) is 0 Å². The van der Waals surface area contributed by atoms with Crippen LogP contribution in [0, 0.1) is 16.7 Å². The summed E-state index contributed by atoms with van der Waals surface area (Å²) in [6.07, 6.45) is 7.27. The van der Waals surface area contributed by atoms with Crippen molar-refractivity contribution in [3.05, 3.63) is 0 Å². The summed E-state index contributed by atoms with van der Waals surface area (Å²) < 4.78 is 0. The maximum absolute atomic E-state index is 10.2. The highest BCUT2D eigenvalue weighted by atomic mass is 16.3. The van der Waals surface area contributed by atoms with Crippen LogP contribution in [-0.2, 0) is 0 Å². The smallest absolute Gasteiger partial charge is 0.0622 e. The predicted molar refractivity (Wildman–Crippen MR) is 63.7 cm³/mol. The van der Waals surface area contributed by atoms with E-state index in [0.29, 0.717) is 10.8 Å². The fourth-order valence-electron chi connectivity index (χ4n) is 3.68. The van der Waals surface area contributed by atoms with Crippen LogP contribution in [0.4, 0.5) is 0 Å². The monoisotopic (exact) mass is 210 g/mol. The molecule has 15 heavy (non-hydrogen) atoms. The minimum atomic E-state index is -0.391. The Bertz CT molecular complexity index is 230. The average molecular weight is 210 g/mol. The molecule has 2 saturated carbocycles. The first-order chi connectivity index (χ1) is 6.73. The molecule has 2 rings (SSSR count). The summed E-state index contributed by atoms with van der Waals surface area (Å²) in [4.78, 5) is 0. The largest absolute Gasteiger partial charge is 0.390 e. The molecule has 0 unspecified atom stereocenters. The van der Waals surface area contributed by atoms with Gasteiger partial charge in [0.15, 0.2) is 0 Å². The molecule has 0 aromatic carbocycles. The SMILES string of the molecule is CC1(C)CC[C@@]2(C)CC[C@](C)(O)C[C@@H]2C1. The summed E-state index contributed by atoms with van der Waals surface area (Å²) in [6, 6.07) is 0. The Morgan fingerprint density at radius 3 is 2.13 bits per heavy atom. The zero-order valence-corrected chi connectivity index (χ0v) is 10.8. The van der Waals surface area contributed by atoms with Crippen molar-refractivity contribution >= 4 is 0 Å². The lowest BCUT2D eigenvalue weighted by Gasteiger charge is -2.53. The number of hydrogen-bond donors (Lipinski definition) is 1. The van der Waals surface area contributed by atoms with E-state index in [2.05, 4.69) is 20.8 Å². The van der Waals surface area contributed by atoms with Crippen molar-refractivity contribution in [3.8, 4) is 0 Å². The van der Waals surface area contributed by atoms with E-state index in [9.17, 15) is 5.11 Å². The molecule has 0 radical (unpaired) electrons. The van der Waals surface area contributed by atoms with Gasteiger partial charge in [-0.15, -0.1) is 0 Å². The minimum Gasteiger partial charge on any atom is -0.390 e. The summed E-state index contributed by atoms with van der Waals surface area (Å²) >= 11 is 0. The lowest BCUT2D eigenvalue weighted by molar-refractivity contribution is -0.0873. The van der Waals surface area contributed by atoms with Gasteiger partial charge in [-0.2, -0.15) is 0 Å². The van der Waals surface area contributed by atoms with Crippen LogP contribution in [0.3, 0.4) is 0 Å². The van der Waals surface area contributed by atoms with Gasteiger partial charge >= 0.3 is 0 Å². The Morgan fingerprint density at radius 2 is 1.47 bits per heavy atom. The molecule has 1 N–H and O–H groups in total. The Hall–Kier alpha value is -0.0400. The molecule has 1 heteroatoms. The van der Waals surface area contributed by atoms with Crippen molar-refractivity contribution in [3.63, 3.8) is 0 Å². The maximum atomic E-state index is 10.2. The molecule has 0 aromatic heterocycles. The van der Waals surface area contributed by atoms with Gasteiger partial charge in [0.05, 0.1) is 5.60 Å². The van der Waals surface area contributed by atoms with Crippen LogP contribution in [0.15, 0.2) is 0 Å². The normalized spacial score (nSPS) is 49.8. The van der Waals surface area contributed by atoms with E-state index in [-0.39, 0.29) is 0 Å². The van der Waals surface area contributed by atoms with Gasteiger partial charge in [-0.25, -0.2) is 0 Å². The van der Waals surface area contributed by atoms with Crippen LogP contribution in [0.2, 0.25) is 0 Å². The summed E-state index contributed by atoms with van der Waals surface area (Å²) in [5.41, 5.74) is 0.632. The zero-order chi connectivity index (χ0) is 11.3. The number of aliphatic hydroxyl groups is 1. The molecule has 0 amide bonds. The molecule has 0 heterocycles. The van der Waals surface area contributed by atoms with E-state index in [1.165, 1.54) is 25.7 Å². The maximum Gasteiger partial charge on any atom is 0.0622 e. The zero-order valence-electron chi connectivity index (χ0n) is 10.8. The van der Waals surface area contributed by atoms with Gasteiger partial charge in [-0.1, -0.05) is 20.8 Å². The number of hydrogen-bond acceptors (Lipinski definition) is 1. The second kappa shape index (κ2) is 3.23. The number of rotatable bonds is 0. The fourth-order valence-corrected chi connectivity index (χ4v) is 3.68. The third kappa shape index (κ3) is 2.22. The molecule has 2 aliphatic carbocycles. The standard InChI is InChI=1S/C14H26O/c1-12(2)5-6-13(3)7-8-14(4,15)10-11(13)9-12/h11,15H,5-10H2,1-4H3/t11-,13-,14-/m0/s1. The Balaban J connectivity index is 2.15. The third-order valence-corrected chi connectivity index (χ3v) is 5.08. The quantitative estimate of drug-likeness (QED) is 0.645. The molecule has 3 atom stereocenters. The van der Waals surface area contributed by atoms with Crippen molar-refractivity contribution in [1.29, 1.82) is 0 Å². The second-order valence-corrected chi connectivity index (χ2v) is 7.42.